The van der Waals surface area contributed by atoms with Crippen molar-refractivity contribution >= 4 is 31.5 Å². The molecule has 55 heavy (non-hydrogen) atoms. The van der Waals surface area contributed by atoms with Gasteiger partial charge in [-0.1, -0.05) is 127 Å². The zero-order chi connectivity index (χ0) is 36.6. The highest BCUT2D eigenvalue weighted by molar-refractivity contribution is 7.25. The zero-order valence-electron chi connectivity index (χ0n) is 29.8. The number of hydrogen-bond donors (Lipinski definition) is 0. The summed E-state index contributed by atoms with van der Waals surface area (Å²) >= 11 is 1.84. The van der Waals surface area contributed by atoms with Gasteiger partial charge in [-0.15, -0.1) is 11.3 Å². The van der Waals surface area contributed by atoms with Crippen molar-refractivity contribution in [1.82, 2.24) is 15.0 Å². The number of nitrogens with zero attached hydrogens (tertiary/aromatic N) is 3. The molecule has 0 spiro atoms. The van der Waals surface area contributed by atoms with Crippen LogP contribution in [0.25, 0.3) is 98.6 Å². The molecule has 0 N–H and O–H groups in total. The molecule has 0 aliphatic rings. The Bertz CT molecular complexity index is 2970. The lowest BCUT2D eigenvalue weighted by molar-refractivity contribution is 1.18. The Kier molecular flexibility index (Phi) is 8.36. The van der Waals surface area contributed by atoms with Crippen LogP contribution in [0, 0.1) is 0 Å². The van der Waals surface area contributed by atoms with Gasteiger partial charge in [-0.2, -0.15) is 0 Å². The van der Waals surface area contributed by atoms with Crippen LogP contribution in [-0.2, 0) is 0 Å². The van der Waals surface area contributed by atoms with Gasteiger partial charge in [0.25, 0.3) is 0 Å². The minimum atomic E-state index is 0.684. The van der Waals surface area contributed by atoms with Gasteiger partial charge in [0.05, 0.1) is 11.4 Å². The van der Waals surface area contributed by atoms with Crippen LogP contribution in [0.2, 0.25) is 0 Å². The minimum Gasteiger partial charge on any atom is -0.264 e. The summed E-state index contributed by atoms with van der Waals surface area (Å²) in [7, 11) is 0. The molecule has 0 radical (unpaired) electrons. The Morgan fingerprint density at radius 2 is 0.836 bits per heavy atom. The van der Waals surface area contributed by atoms with Crippen molar-refractivity contribution in [3.05, 3.63) is 200 Å². The van der Waals surface area contributed by atoms with Crippen molar-refractivity contribution in [2.24, 2.45) is 0 Å². The lowest BCUT2D eigenvalue weighted by atomic mass is 9.92. The summed E-state index contributed by atoms with van der Waals surface area (Å²) in [6.07, 6.45) is 3.70. The Hall–Kier alpha value is -7.01. The molecule has 7 aromatic carbocycles. The summed E-state index contributed by atoms with van der Waals surface area (Å²) in [6, 6.07) is 66.8. The first-order valence-corrected chi connectivity index (χ1v) is 19.2. The lowest BCUT2D eigenvalue weighted by Gasteiger charge is -2.14. The quantitative estimate of drug-likeness (QED) is 0.165. The molecule has 0 fully saturated rings. The summed E-state index contributed by atoms with van der Waals surface area (Å²) in [5.41, 5.74) is 13.8. The summed E-state index contributed by atoms with van der Waals surface area (Å²) < 4.78 is 2.59. The number of fused-ring (bicyclic) bond motifs is 3. The standard InChI is InChI=1S/C51H33N3S/c1-3-12-34(13-4-1)36-16-9-18-38(26-36)42-28-43(39-23-24-50-46(31-39)45-21-7-8-22-49(45)55-50)30-44(29-42)48-32-47(53-51(54-48)35-14-5-2-6-15-35)40-19-10-17-37(27-40)41-20-11-25-52-33-41/h1-33H. The number of aromatic nitrogens is 3. The van der Waals surface area contributed by atoms with Crippen LogP contribution in [0.1, 0.15) is 0 Å². The van der Waals surface area contributed by atoms with Crippen LogP contribution in [0.3, 0.4) is 0 Å². The fourth-order valence-electron chi connectivity index (χ4n) is 7.37. The second-order valence-electron chi connectivity index (χ2n) is 13.7. The fraction of sp³-hybridized carbons (Fsp3) is 0. The van der Waals surface area contributed by atoms with Crippen LogP contribution >= 0.6 is 11.3 Å². The second-order valence-corrected chi connectivity index (χ2v) is 14.8. The monoisotopic (exact) mass is 719 g/mol. The van der Waals surface area contributed by atoms with Gasteiger partial charge in [0.1, 0.15) is 0 Å². The third-order valence-electron chi connectivity index (χ3n) is 10.2. The Morgan fingerprint density at radius 1 is 0.309 bits per heavy atom. The topological polar surface area (TPSA) is 38.7 Å². The molecule has 0 bridgehead atoms. The maximum atomic E-state index is 5.28. The molecule has 0 aliphatic carbocycles. The number of benzene rings is 7. The molecular weight excluding hydrogens is 687 g/mol. The largest absolute Gasteiger partial charge is 0.264 e. The lowest BCUT2D eigenvalue weighted by Crippen LogP contribution is -1.97. The fourth-order valence-corrected chi connectivity index (χ4v) is 8.46. The molecular formula is C51H33N3S. The van der Waals surface area contributed by atoms with Gasteiger partial charge >= 0.3 is 0 Å². The first-order chi connectivity index (χ1) is 27.2. The van der Waals surface area contributed by atoms with Crippen molar-refractivity contribution < 1.29 is 0 Å². The van der Waals surface area contributed by atoms with Crippen molar-refractivity contribution in [3.63, 3.8) is 0 Å². The Labute approximate surface area is 323 Å². The molecule has 258 valence electrons. The van der Waals surface area contributed by atoms with E-state index in [1.54, 1.807) is 6.20 Å². The molecule has 0 aliphatic heterocycles. The predicted octanol–water partition coefficient (Wildman–Crippen LogP) is 13.9. The third kappa shape index (κ3) is 6.50. The van der Waals surface area contributed by atoms with Gasteiger partial charge in [0.2, 0.25) is 0 Å². The Morgan fingerprint density at radius 3 is 1.58 bits per heavy atom. The van der Waals surface area contributed by atoms with Crippen molar-refractivity contribution in [1.29, 1.82) is 0 Å². The van der Waals surface area contributed by atoms with Gasteiger partial charge in [0.15, 0.2) is 5.82 Å². The van der Waals surface area contributed by atoms with Crippen molar-refractivity contribution in [3.8, 4) is 78.4 Å². The van der Waals surface area contributed by atoms with E-state index < -0.39 is 0 Å². The molecule has 0 amide bonds. The van der Waals surface area contributed by atoms with Gasteiger partial charge in [0, 0.05) is 54.8 Å². The zero-order valence-corrected chi connectivity index (χ0v) is 30.6. The molecule has 3 nitrogen and oxygen atoms in total. The van der Waals surface area contributed by atoms with E-state index in [2.05, 4.69) is 169 Å². The molecule has 0 saturated carbocycles. The van der Waals surface area contributed by atoms with Crippen LogP contribution < -0.4 is 0 Å². The van der Waals surface area contributed by atoms with Gasteiger partial charge in [-0.3, -0.25) is 4.98 Å². The summed E-state index contributed by atoms with van der Waals surface area (Å²) in [5, 5.41) is 2.57. The molecule has 4 heteroatoms. The first kappa shape index (κ1) is 32.6. The normalized spacial score (nSPS) is 11.3. The number of thiophene rings is 1. The highest BCUT2D eigenvalue weighted by Gasteiger charge is 2.15. The molecule has 0 atom stereocenters. The van der Waals surface area contributed by atoms with Crippen LogP contribution in [-0.4, -0.2) is 15.0 Å². The number of hydrogen-bond acceptors (Lipinski definition) is 4. The number of rotatable bonds is 7. The Balaban J connectivity index is 1.18. The molecule has 0 unspecified atom stereocenters. The average Bonchev–Trinajstić information content (AvgIpc) is 3.65. The second kappa shape index (κ2) is 14.1. The summed E-state index contributed by atoms with van der Waals surface area (Å²) in [5.74, 6) is 0.684. The van der Waals surface area contributed by atoms with Gasteiger partial charge in [-0.05, 0) is 99.6 Å². The van der Waals surface area contributed by atoms with Crippen molar-refractivity contribution in [2.45, 2.75) is 0 Å². The van der Waals surface area contributed by atoms with E-state index in [1.165, 1.54) is 36.9 Å². The highest BCUT2D eigenvalue weighted by Crippen LogP contribution is 2.40. The van der Waals surface area contributed by atoms with E-state index in [0.29, 0.717) is 5.82 Å². The first-order valence-electron chi connectivity index (χ1n) is 18.4. The maximum absolute atomic E-state index is 5.28. The van der Waals surface area contributed by atoms with Gasteiger partial charge in [-0.25, -0.2) is 9.97 Å². The van der Waals surface area contributed by atoms with E-state index in [-0.39, 0.29) is 0 Å². The van der Waals surface area contributed by atoms with E-state index in [0.717, 1.165) is 55.9 Å². The van der Waals surface area contributed by atoms with E-state index >= 15 is 0 Å². The molecule has 10 rings (SSSR count). The van der Waals surface area contributed by atoms with Gasteiger partial charge < -0.3 is 0 Å². The van der Waals surface area contributed by atoms with Crippen LogP contribution in [0.5, 0.6) is 0 Å². The smallest absolute Gasteiger partial charge is 0.160 e. The summed E-state index contributed by atoms with van der Waals surface area (Å²) in [4.78, 5) is 14.8. The van der Waals surface area contributed by atoms with E-state index in [4.69, 9.17) is 9.97 Å². The number of pyridine rings is 1. The highest BCUT2D eigenvalue weighted by atomic mass is 32.1. The average molecular weight is 720 g/mol. The molecule has 0 saturated heterocycles. The molecule has 3 aromatic heterocycles. The van der Waals surface area contributed by atoms with Crippen molar-refractivity contribution in [2.75, 3.05) is 0 Å². The van der Waals surface area contributed by atoms with Crippen LogP contribution in [0.4, 0.5) is 0 Å². The minimum absolute atomic E-state index is 0.684. The maximum Gasteiger partial charge on any atom is 0.160 e. The summed E-state index contributed by atoms with van der Waals surface area (Å²) in [6.45, 7) is 0. The van der Waals surface area contributed by atoms with E-state index in [9.17, 15) is 0 Å². The predicted molar refractivity (Wildman–Crippen MR) is 231 cm³/mol. The molecule has 3 heterocycles. The SMILES string of the molecule is c1ccc(-c2cccc(-c3cc(-c4ccc5sc6ccccc6c5c4)cc(-c4cc(-c5cccc(-c6cccnc6)c5)nc(-c5ccccc5)n4)c3)c2)cc1. The van der Waals surface area contributed by atoms with E-state index in [1.807, 2.05) is 41.8 Å². The third-order valence-corrected chi connectivity index (χ3v) is 11.3. The molecule has 10 aromatic rings. The van der Waals surface area contributed by atoms with Crippen LogP contribution in [0.15, 0.2) is 200 Å².